The number of hydrogen-bond donors (Lipinski definition) is 1. The van der Waals surface area contributed by atoms with Crippen molar-refractivity contribution < 1.29 is 37.5 Å². The molecule has 0 fully saturated rings. The van der Waals surface area contributed by atoms with Gasteiger partial charge in [0.25, 0.3) is 0 Å². The number of carbonyl (C=O) groups excluding carboxylic acids is 1. The minimum Gasteiger partial charge on any atom is -0.356 e. The van der Waals surface area contributed by atoms with Crippen molar-refractivity contribution in [3.63, 3.8) is 0 Å². The summed E-state index contributed by atoms with van der Waals surface area (Å²) in [6.07, 6.45) is 4.15. The van der Waals surface area contributed by atoms with Crippen molar-refractivity contribution in [2.45, 2.75) is 34.6 Å². The van der Waals surface area contributed by atoms with E-state index in [4.69, 9.17) is 0 Å². The first-order valence-electron chi connectivity index (χ1n) is 7.85. The summed E-state index contributed by atoms with van der Waals surface area (Å²) in [5.74, 6) is -0.0805. The summed E-state index contributed by atoms with van der Waals surface area (Å²) in [7, 11) is 1.64. The van der Waals surface area contributed by atoms with Gasteiger partial charge in [-0.1, -0.05) is 6.08 Å². The Kier molecular flexibility index (Phi) is 7.57. The normalized spacial score (nSPS) is 10.6. The minimum absolute atomic E-state index is 0. The van der Waals surface area contributed by atoms with Crippen molar-refractivity contribution in [1.82, 2.24) is 5.32 Å². The predicted octanol–water partition coefficient (Wildman–Crippen LogP) is 4.56. The average molecular weight is 395 g/mol. The van der Waals surface area contributed by atoms with E-state index in [1.165, 1.54) is 33.4 Å². The fourth-order valence-electron chi connectivity index (χ4n) is 2.82. The molecule has 0 saturated heterocycles. The second kappa shape index (κ2) is 8.73. The van der Waals surface area contributed by atoms with E-state index in [2.05, 4.69) is 52.1 Å². The summed E-state index contributed by atoms with van der Waals surface area (Å²) >= 11 is 0. The van der Waals surface area contributed by atoms with Crippen molar-refractivity contribution in [2.75, 3.05) is 7.05 Å². The van der Waals surface area contributed by atoms with Gasteiger partial charge in [0, 0.05) is 39.8 Å². The van der Waals surface area contributed by atoms with Crippen LogP contribution in [0.3, 0.4) is 0 Å². The molecule has 3 heteroatoms. The second-order valence-corrected chi connectivity index (χ2v) is 5.98. The Bertz CT molecular complexity index is 762. The van der Waals surface area contributed by atoms with Gasteiger partial charge in [0.1, 0.15) is 0 Å². The molecule has 0 spiro atoms. The van der Waals surface area contributed by atoms with E-state index in [9.17, 15) is 4.79 Å². The summed E-state index contributed by atoms with van der Waals surface area (Å²) in [5.41, 5.74) is 9.48. The Labute approximate surface area is 170 Å². The maximum atomic E-state index is 11.7. The molecule has 0 aliphatic heterocycles. The van der Waals surface area contributed by atoms with Gasteiger partial charge in [-0.2, -0.15) is 0 Å². The van der Waals surface area contributed by atoms with Crippen LogP contribution in [0.1, 0.15) is 49.3 Å². The van der Waals surface area contributed by atoms with Crippen molar-refractivity contribution in [1.29, 1.82) is 0 Å². The van der Waals surface area contributed by atoms with E-state index >= 15 is 0 Å². The zero-order chi connectivity index (χ0) is 17.1. The van der Waals surface area contributed by atoms with E-state index in [1.807, 2.05) is 12.1 Å². The van der Waals surface area contributed by atoms with Crippen molar-refractivity contribution in [2.24, 2.45) is 0 Å². The van der Waals surface area contributed by atoms with Crippen LogP contribution in [0.5, 0.6) is 0 Å². The third kappa shape index (κ3) is 4.23. The SMILES string of the molecule is CNC(=O)c1cc[c-]c(/C=C/c2c(C)c(C)c(C)c(C)c2C)c1.[Y]. The molecule has 0 aromatic heterocycles. The van der Waals surface area contributed by atoms with E-state index in [-0.39, 0.29) is 38.6 Å². The third-order valence-corrected chi connectivity index (χ3v) is 4.80. The number of hydrogen-bond acceptors (Lipinski definition) is 1. The van der Waals surface area contributed by atoms with E-state index < -0.39 is 0 Å². The predicted molar refractivity (Wildman–Crippen MR) is 97.7 cm³/mol. The molecule has 123 valence electrons. The number of carbonyl (C=O) groups is 1. The number of amides is 1. The Hall–Kier alpha value is -1.25. The van der Waals surface area contributed by atoms with Crippen LogP contribution in [-0.2, 0) is 32.7 Å². The number of benzene rings is 2. The van der Waals surface area contributed by atoms with Crippen molar-refractivity contribution in [3.8, 4) is 0 Å². The molecule has 24 heavy (non-hydrogen) atoms. The zero-order valence-corrected chi connectivity index (χ0v) is 18.2. The standard InChI is InChI=1S/C21H24NO.Y/c1-13-14(2)16(4)20(17(5)15(13)3)11-10-18-8-7-9-19(12-18)21(23)22-6;/h7,9-12H,1-6H3,(H,22,23);/q-1;/b11-10+;. The van der Waals surface area contributed by atoms with Crippen LogP contribution in [0.2, 0.25) is 0 Å². The quantitative estimate of drug-likeness (QED) is 0.599. The second-order valence-electron chi connectivity index (χ2n) is 5.98. The summed E-state index contributed by atoms with van der Waals surface area (Å²) in [6, 6.07) is 8.58. The first-order valence-corrected chi connectivity index (χ1v) is 7.85. The number of rotatable bonds is 3. The Balaban J connectivity index is 0.00000288. The molecule has 0 bridgehead atoms. The molecule has 1 radical (unpaired) electrons. The number of nitrogens with one attached hydrogen (secondary N) is 1. The minimum atomic E-state index is -0.0805. The molecule has 0 unspecified atom stereocenters. The van der Waals surface area contributed by atoms with Gasteiger partial charge in [-0.3, -0.25) is 4.79 Å². The summed E-state index contributed by atoms with van der Waals surface area (Å²) in [4.78, 5) is 11.7. The Morgan fingerprint density at radius 3 is 2.04 bits per heavy atom. The Morgan fingerprint density at radius 1 is 0.958 bits per heavy atom. The molecule has 0 aliphatic carbocycles. The van der Waals surface area contributed by atoms with Crippen molar-refractivity contribution >= 4 is 18.1 Å². The maximum absolute atomic E-state index is 11.7. The molecule has 0 heterocycles. The van der Waals surface area contributed by atoms with Gasteiger partial charge in [0.2, 0.25) is 5.91 Å². The van der Waals surface area contributed by atoms with E-state index in [1.54, 1.807) is 19.2 Å². The van der Waals surface area contributed by atoms with Crippen LogP contribution in [0, 0.1) is 40.7 Å². The van der Waals surface area contributed by atoms with Gasteiger partial charge in [0.05, 0.1) is 0 Å². The first kappa shape index (κ1) is 20.8. The van der Waals surface area contributed by atoms with Gasteiger partial charge in [0.15, 0.2) is 0 Å². The van der Waals surface area contributed by atoms with Crippen LogP contribution in [0.4, 0.5) is 0 Å². The molecule has 2 rings (SSSR count). The fourth-order valence-corrected chi connectivity index (χ4v) is 2.82. The average Bonchev–Trinajstić information content (AvgIpc) is 2.57. The molecule has 1 N–H and O–H groups in total. The maximum Gasteiger partial charge on any atom is 0.232 e. The van der Waals surface area contributed by atoms with Gasteiger partial charge in [-0.05, 0) is 73.6 Å². The first-order chi connectivity index (χ1) is 10.9. The Morgan fingerprint density at radius 2 is 1.50 bits per heavy atom. The van der Waals surface area contributed by atoms with E-state index in [0.29, 0.717) is 5.56 Å². The van der Waals surface area contributed by atoms with Crippen LogP contribution >= 0.6 is 0 Å². The molecule has 0 atom stereocenters. The monoisotopic (exact) mass is 395 g/mol. The fraction of sp³-hybridized carbons (Fsp3) is 0.286. The van der Waals surface area contributed by atoms with Crippen molar-refractivity contribution in [3.05, 3.63) is 68.8 Å². The molecule has 2 aromatic carbocycles. The summed E-state index contributed by atoms with van der Waals surface area (Å²) in [5, 5.41) is 2.64. The van der Waals surface area contributed by atoms with Crippen LogP contribution in [-0.4, -0.2) is 13.0 Å². The molecule has 1 amide bonds. The van der Waals surface area contributed by atoms with E-state index in [0.717, 1.165) is 5.56 Å². The molecular weight excluding hydrogens is 371 g/mol. The molecule has 2 aromatic rings. The van der Waals surface area contributed by atoms with Crippen LogP contribution in [0.25, 0.3) is 12.2 Å². The van der Waals surface area contributed by atoms with Gasteiger partial charge in [-0.15, -0.1) is 35.9 Å². The van der Waals surface area contributed by atoms with Crippen LogP contribution < -0.4 is 5.32 Å². The third-order valence-electron chi connectivity index (χ3n) is 4.80. The molecule has 0 saturated carbocycles. The largest absolute Gasteiger partial charge is 0.356 e. The topological polar surface area (TPSA) is 29.1 Å². The summed E-state index contributed by atoms with van der Waals surface area (Å²) < 4.78 is 0. The van der Waals surface area contributed by atoms with Gasteiger partial charge < -0.3 is 5.32 Å². The smallest absolute Gasteiger partial charge is 0.232 e. The zero-order valence-electron chi connectivity index (χ0n) is 15.4. The van der Waals surface area contributed by atoms with Gasteiger partial charge >= 0.3 is 0 Å². The molecular formula is C21H24NOY-. The molecule has 2 nitrogen and oxygen atoms in total. The summed E-state index contributed by atoms with van der Waals surface area (Å²) in [6.45, 7) is 10.9. The molecule has 0 aliphatic rings. The van der Waals surface area contributed by atoms with Gasteiger partial charge in [-0.25, -0.2) is 0 Å². The van der Waals surface area contributed by atoms with Crippen LogP contribution in [0.15, 0.2) is 18.2 Å².